The Hall–Kier alpha value is -5.79. The fraction of sp³-hybridized carbons (Fsp3) is 0.367. The van der Waals surface area contributed by atoms with Crippen LogP contribution in [0.15, 0.2) is 126 Å². The monoisotopic (exact) mass is 889 g/mol. The third kappa shape index (κ3) is 10.8. The molecule has 5 aliphatic heterocycles. The molecule has 338 valence electrons. The van der Waals surface area contributed by atoms with Crippen molar-refractivity contribution in [2.24, 2.45) is 0 Å². The number of carbonyl (C=O) groups is 2. The van der Waals surface area contributed by atoms with Crippen molar-refractivity contribution in [1.29, 1.82) is 0 Å². The standard InChI is InChI=1S/C49H48N2O14/c1-29(2)47(54)65-37-17-13-35(14-18-37)51(49(63-27-41-23-59-41)64-28-42-24-60-42)33-9-5-31(6-10-33)44-45(52)43(46(44)53)30-3-7-32(8-4-30)50(34-11-15-36(16-12-34)55-19-38-20-56-38)48(61-25-39-21-57-39)62-26-40-22-58-40/h3-18,38-42,48-49H,1,19-28H2,2H3/p+1. The molecule has 0 radical (unpaired) electrons. The largest absolute Gasteiger partial charge is 0.506 e. The van der Waals surface area contributed by atoms with E-state index in [0.29, 0.717) is 100 Å². The highest BCUT2D eigenvalue weighted by molar-refractivity contribution is 6.39. The van der Waals surface area contributed by atoms with Gasteiger partial charge in [0.15, 0.2) is 0 Å². The van der Waals surface area contributed by atoms with E-state index in [9.17, 15) is 14.7 Å². The van der Waals surface area contributed by atoms with Gasteiger partial charge in [-0.15, -0.1) is 4.58 Å². The zero-order valence-corrected chi connectivity index (χ0v) is 35.7. The lowest BCUT2D eigenvalue weighted by molar-refractivity contribution is -0.605. The van der Waals surface area contributed by atoms with Crippen LogP contribution in [0, 0.1) is 0 Å². The van der Waals surface area contributed by atoms with Gasteiger partial charge in [0.1, 0.15) is 54.4 Å². The minimum absolute atomic E-state index is 0.00171. The number of hydrogen-bond donors (Lipinski definition) is 1. The van der Waals surface area contributed by atoms with Gasteiger partial charge in [0.2, 0.25) is 23.6 Å². The van der Waals surface area contributed by atoms with E-state index in [0.717, 1.165) is 11.4 Å². The fourth-order valence-electron chi connectivity index (χ4n) is 7.04. The molecule has 0 amide bonds. The number of ketones is 1. The summed E-state index contributed by atoms with van der Waals surface area (Å²) >= 11 is 0. The van der Waals surface area contributed by atoms with Crippen molar-refractivity contribution in [3.63, 3.8) is 0 Å². The van der Waals surface area contributed by atoms with Crippen LogP contribution in [0.1, 0.15) is 12.5 Å². The Kier molecular flexibility index (Phi) is 12.6. The molecular weight excluding hydrogens is 841 g/mol. The van der Waals surface area contributed by atoms with Gasteiger partial charge in [0.25, 0.3) is 0 Å². The minimum Gasteiger partial charge on any atom is -0.506 e. The van der Waals surface area contributed by atoms with Crippen LogP contribution >= 0.6 is 0 Å². The Bertz CT molecular complexity index is 2390. The first-order valence-corrected chi connectivity index (χ1v) is 21.6. The second-order valence-electron chi connectivity index (χ2n) is 16.5. The van der Waals surface area contributed by atoms with Gasteiger partial charge in [0, 0.05) is 41.2 Å². The Morgan fingerprint density at radius 3 is 1.65 bits per heavy atom. The highest BCUT2D eigenvalue weighted by atomic mass is 16.7. The highest BCUT2D eigenvalue weighted by Gasteiger charge is 2.39. The van der Waals surface area contributed by atoms with Gasteiger partial charge in [-0.2, -0.15) is 0 Å². The smallest absolute Gasteiger partial charge is 0.382 e. The lowest BCUT2D eigenvalue weighted by atomic mass is 9.80. The third-order valence-corrected chi connectivity index (χ3v) is 11.2. The van der Waals surface area contributed by atoms with Crippen molar-refractivity contribution in [3.05, 3.63) is 132 Å². The van der Waals surface area contributed by atoms with Crippen molar-refractivity contribution in [2.75, 3.05) is 71.0 Å². The van der Waals surface area contributed by atoms with Crippen LogP contribution in [-0.4, -0.2) is 137 Å². The summed E-state index contributed by atoms with van der Waals surface area (Å²) in [5, 5.41) is 11.5. The Labute approximate surface area is 375 Å². The van der Waals surface area contributed by atoms with Crippen LogP contribution in [0.2, 0.25) is 0 Å². The lowest BCUT2D eigenvalue weighted by Crippen LogP contribution is -2.38. The number of ether oxygens (including phenoxy) is 11. The molecule has 3 aromatic rings. The van der Waals surface area contributed by atoms with Gasteiger partial charge >= 0.3 is 12.4 Å². The number of nitrogens with zero attached hydrogens (tertiary/aromatic N) is 2. The number of esters is 1. The van der Waals surface area contributed by atoms with Crippen LogP contribution in [0.5, 0.6) is 11.5 Å². The molecule has 0 bridgehead atoms. The second-order valence-corrected chi connectivity index (χ2v) is 16.5. The SMILES string of the molecule is C=C(C)C(=O)Oc1ccc([N+](=C2C=CC(=C3C(=O)C(c4ccc(N(c5ccc(OCC6CO6)cc5)C(OCC5CO5)OCC5CO5)cc4)=C3O)C=C2)C(OCC2CO2)OCC2CO2)cc1. The van der Waals surface area contributed by atoms with Crippen LogP contribution < -0.4 is 14.4 Å². The maximum atomic E-state index is 13.9. The van der Waals surface area contributed by atoms with Gasteiger partial charge in [-0.05, 0) is 78.7 Å². The normalized spacial score (nSPS) is 24.3. The second kappa shape index (κ2) is 19.0. The molecule has 5 heterocycles. The molecule has 65 heavy (non-hydrogen) atoms. The molecule has 7 aliphatic rings. The highest BCUT2D eigenvalue weighted by Crippen LogP contribution is 2.41. The number of rotatable bonds is 23. The molecular formula is C49H49N2O14+. The van der Waals surface area contributed by atoms with E-state index >= 15 is 0 Å². The summed E-state index contributed by atoms with van der Waals surface area (Å²) in [7, 11) is 0. The lowest BCUT2D eigenvalue weighted by Gasteiger charge is -2.33. The third-order valence-electron chi connectivity index (χ3n) is 11.2. The van der Waals surface area contributed by atoms with Crippen molar-refractivity contribution < 1.29 is 71.4 Å². The van der Waals surface area contributed by atoms with Crippen molar-refractivity contribution in [1.82, 2.24) is 0 Å². The molecule has 5 atom stereocenters. The average Bonchev–Trinajstić information content (AvgIpc) is 4.09. The Balaban J connectivity index is 0.910. The predicted molar refractivity (Wildman–Crippen MR) is 232 cm³/mol. The molecule has 3 aromatic carbocycles. The van der Waals surface area contributed by atoms with Crippen LogP contribution in [-0.2, 0) is 52.2 Å². The number of allylic oxidation sites excluding steroid dienone is 7. The maximum absolute atomic E-state index is 13.9. The number of Topliss-reactive ketones (excluding diaryl/α,β-unsaturated/α-hetero) is 1. The molecule has 10 rings (SSSR count). The molecule has 16 heteroatoms. The zero-order valence-electron chi connectivity index (χ0n) is 35.7. The number of epoxide rings is 5. The Morgan fingerprint density at radius 2 is 1.15 bits per heavy atom. The summed E-state index contributed by atoms with van der Waals surface area (Å²) in [6, 6.07) is 21.9. The van der Waals surface area contributed by atoms with E-state index < -0.39 is 18.8 Å². The van der Waals surface area contributed by atoms with Gasteiger partial charge in [-0.3, -0.25) is 19.2 Å². The van der Waals surface area contributed by atoms with Crippen molar-refractivity contribution in [2.45, 2.75) is 50.3 Å². The molecule has 0 spiro atoms. The van der Waals surface area contributed by atoms with E-state index in [1.807, 2.05) is 58.0 Å². The van der Waals surface area contributed by atoms with Crippen LogP contribution in [0.3, 0.4) is 0 Å². The molecule has 1 N–H and O–H groups in total. The number of aliphatic hydroxyl groups excluding tert-OH is 1. The first-order chi connectivity index (χ1) is 31.7. The number of hydrogen-bond acceptors (Lipinski definition) is 15. The molecule has 0 aromatic heterocycles. The molecule has 2 aliphatic carbocycles. The van der Waals surface area contributed by atoms with Crippen LogP contribution in [0.4, 0.5) is 17.1 Å². The Morgan fingerprint density at radius 1 is 0.677 bits per heavy atom. The first kappa shape index (κ1) is 43.1. The quantitative estimate of drug-likeness (QED) is 0.0321. The van der Waals surface area contributed by atoms with Gasteiger partial charge in [-0.1, -0.05) is 18.7 Å². The molecule has 5 fully saturated rings. The topological polar surface area (TPSA) is 179 Å². The number of benzene rings is 3. The van der Waals surface area contributed by atoms with Crippen LogP contribution in [0.25, 0.3) is 5.57 Å². The predicted octanol–water partition coefficient (Wildman–Crippen LogP) is 5.37. The summed E-state index contributed by atoms with van der Waals surface area (Å²) in [6.45, 7) is 10.2. The van der Waals surface area contributed by atoms with Crippen molar-refractivity contribution >= 4 is 40.1 Å². The van der Waals surface area contributed by atoms with Gasteiger partial charge in [0.05, 0.1) is 70.6 Å². The summed E-state index contributed by atoms with van der Waals surface area (Å²) in [6.07, 6.45) is 5.56. The van der Waals surface area contributed by atoms with E-state index in [1.54, 1.807) is 55.5 Å². The molecule has 0 saturated carbocycles. The maximum Gasteiger partial charge on any atom is 0.382 e. The zero-order chi connectivity index (χ0) is 44.4. The molecule has 16 nitrogen and oxygen atoms in total. The van der Waals surface area contributed by atoms with Gasteiger partial charge < -0.3 is 47.7 Å². The van der Waals surface area contributed by atoms with E-state index in [-0.39, 0.29) is 58.8 Å². The summed E-state index contributed by atoms with van der Waals surface area (Å²) in [5.74, 6) is 0.134. The van der Waals surface area contributed by atoms with E-state index in [2.05, 4.69) is 6.58 Å². The first-order valence-electron chi connectivity index (χ1n) is 21.6. The van der Waals surface area contributed by atoms with E-state index in [1.165, 1.54) is 0 Å². The average molecular weight is 890 g/mol. The fourth-order valence-corrected chi connectivity index (χ4v) is 7.04. The summed E-state index contributed by atoms with van der Waals surface area (Å²) in [4.78, 5) is 28.0. The number of carbonyl (C=O) groups excluding carboxylic acids is 2. The van der Waals surface area contributed by atoms with Crippen molar-refractivity contribution in [3.8, 4) is 11.5 Å². The number of anilines is 2. The summed E-state index contributed by atoms with van der Waals surface area (Å²) in [5.41, 5.74) is 4.65. The summed E-state index contributed by atoms with van der Waals surface area (Å²) < 4.78 is 65.2. The minimum atomic E-state index is -0.886. The molecule has 5 saturated heterocycles. The molecule has 5 unspecified atom stereocenters. The van der Waals surface area contributed by atoms with E-state index in [4.69, 9.17) is 52.1 Å². The number of aliphatic hydroxyl groups is 1. The van der Waals surface area contributed by atoms with Gasteiger partial charge in [-0.25, -0.2) is 4.79 Å².